The molecular weight excluding hydrogens is 638 g/mol. The molecule has 13 heteroatoms. The average Bonchev–Trinajstić information content (AvgIpc) is 3.09. The van der Waals surface area contributed by atoms with Gasteiger partial charge in [0, 0.05) is 5.56 Å². The van der Waals surface area contributed by atoms with E-state index in [0.29, 0.717) is 44.3 Å². The first-order valence-corrected chi connectivity index (χ1v) is 17.7. The molecule has 0 saturated heterocycles. The molecule has 4 amide bonds. The second-order valence-electron chi connectivity index (χ2n) is 13.0. The number of aryl methyl sites for hydroxylation is 1. The molecule has 2 aromatic carbocycles. The summed E-state index contributed by atoms with van der Waals surface area (Å²) >= 11 is 0. The van der Waals surface area contributed by atoms with Crippen LogP contribution in [0.25, 0.3) is 11.1 Å². The maximum absolute atomic E-state index is 13.6. The number of hydrogen-bond donors (Lipinski definition) is 8. The van der Waals surface area contributed by atoms with E-state index in [1.807, 2.05) is 26.0 Å². The van der Waals surface area contributed by atoms with E-state index in [4.69, 9.17) is 17.2 Å². The Labute approximate surface area is 295 Å². The quantitative estimate of drug-likeness (QED) is 0.0630. The molecule has 0 heterocycles. The Morgan fingerprint density at radius 1 is 0.660 bits per heavy atom. The summed E-state index contributed by atoms with van der Waals surface area (Å²) in [4.78, 5) is 64.5. The summed E-state index contributed by atoms with van der Waals surface area (Å²) in [5, 5.41) is 19.7. The van der Waals surface area contributed by atoms with Gasteiger partial charge in [0.05, 0.1) is 0 Å². The molecule has 0 aromatic heterocycles. The van der Waals surface area contributed by atoms with Crippen LogP contribution in [0.1, 0.15) is 94.5 Å². The summed E-state index contributed by atoms with van der Waals surface area (Å²) in [6, 6.07) is 12.2. The summed E-state index contributed by atoms with van der Waals surface area (Å²) < 4.78 is 0. The smallest absolute Gasteiger partial charge is 0.326 e. The standard InChI is InChI=1S/C37H57N7O6/c1-4-5-10-25-13-15-26(16-14-25)27-17-19-28(20-18-27)33(45)41-29(11-6-8-21-38)34(46)42-30(12-7-9-22-39)35(47)44-32(40)36(48)43-31(37(49)50)23-24(2)3/h13-20,24,29-32H,4-12,21-23,38-40H2,1-3H3,(H,41,45)(H,42,46)(H,43,48)(H,44,47)(H,49,50)/t29-,30-,31-,32+/m0/s1. The summed E-state index contributed by atoms with van der Waals surface area (Å²) in [6.45, 7) is 6.58. The van der Waals surface area contributed by atoms with Crippen LogP contribution in [0.2, 0.25) is 0 Å². The minimum Gasteiger partial charge on any atom is -0.480 e. The van der Waals surface area contributed by atoms with Gasteiger partial charge in [-0.25, -0.2) is 4.79 Å². The first-order valence-electron chi connectivity index (χ1n) is 17.7. The van der Waals surface area contributed by atoms with E-state index >= 15 is 0 Å². The van der Waals surface area contributed by atoms with Crippen LogP contribution in [0.5, 0.6) is 0 Å². The fourth-order valence-corrected chi connectivity index (χ4v) is 5.37. The molecule has 276 valence electrons. The highest BCUT2D eigenvalue weighted by Crippen LogP contribution is 2.21. The number of hydrogen-bond acceptors (Lipinski definition) is 8. The highest BCUT2D eigenvalue weighted by molar-refractivity contribution is 5.99. The molecule has 2 aromatic rings. The summed E-state index contributed by atoms with van der Waals surface area (Å²) in [7, 11) is 0. The van der Waals surface area contributed by atoms with Crippen molar-refractivity contribution in [1.29, 1.82) is 0 Å². The first-order chi connectivity index (χ1) is 23.9. The van der Waals surface area contributed by atoms with Gasteiger partial charge in [0.2, 0.25) is 11.8 Å². The fraction of sp³-hybridized carbons (Fsp3) is 0.541. The molecule has 0 radical (unpaired) electrons. The van der Waals surface area contributed by atoms with E-state index in [1.165, 1.54) is 5.56 Å². The zero-order valence-corrected chi connectivity index (χ0v) is 29.7. The van der Waals surface area contributed by atoms with Gasteiger partial charge >= 0.3 is 5.97 Å². The van der Waals surface area contributed by atoms with Gasteiger partial charge in [0.1, 0.15) is 18.1 Å². The third kappa shape index (κ3) is 14.7. The van der Waals surface area contributed by atoms with Crippen LogP contribution in [0, 0.1) is 5.92 Å². The first kappa shape index (κ1) is 41.8. The van der Waals surface area contributed by atoms with Crippen LogP contribution in [0.3, 0.4) is 0 Å². The molecule has 4 atom stereocenters. The molecule has 11 N–H and O–H groups in total. The number of carbonyl (C=O) groups excluding carboxylic acids is 4. The van der Waals surface area contributed by atoms with Crippen molar-refractivity contribution in [2.45, 2.75) is 109 Å². The molecule has 2 rings (SSSR count). The number of carbonyl (C=O) groups is 5. The Morgan fingerprint density at radius 3 is 1.66 bits per heavy atom. The number of unbranched alkanes of at least 4 members (excludes halogenated alkanes) is 3. The lowest BCUT2D eigenvalue weighted by Gasteiger charge is -2.25. The third-order valence-corrected chi connectivity index (χ3v) is 8.30. The monoisotopic (exact) mass is 695 g/mol. The lowest BCUT2D eigenvalue weighted by atomic mass is 10.0. The van der Waals surface area contributed by atoms with Gasteiger partial charge < -0.3 is 43.6 Å². The Hall–Kier alpha value is -4.33. The Morgan fingerprint density at radius 2 is 1.16 bits per heavy atom. The molecule has 50 heavy (non-hydrogen) atoms. The number of carboxylic acids is 1. The number of amides is 4. The van der Waals surface area contributed by atoms with E-state index in [-0.39, 0.29) is 25.2 Å². The number of carboxylic acid groups (broad SMARTS) is 1. The predicted octanol–water partition coefficient (Wildman–Crippen LogP) is 2.55. The van der Waals surface area contributed by atoms with Crippen molar-refractivity contribution in [1.82, 2.24) is 21.3 Å². The second-order valence-corrected chi connectivity index (χ2v) is 13.0. The lowest BCUT2D eigenvalue weighted by Crippen LogP contribution is -2.60. The lowest BCUT2D eigenvalue weighted by molar-refractivity contribution is -0.142. The van der Waals surface area contributed by atoms with E-state index in [9.17, 15) is 29.1 Å². The summed E-state index contributed by atoms with van der Waals surface area (Å²) in [5.41, 5.74) is 20.9. The van der Waals surface area contributed by atoms with Gasteiger partial charge in [0.15, 0.2) is 6.17 Å². The van der Waals surface area contributed by atoms with Gasteiger partial charge in [-0.2, -0.15) is 0 Å². The molecule has 0 aliphatic carbocycles. The van der Waals surface area contributed by atoms with Crippen molar-refractivity contribution >= 4 is 29.6 Å². The molecule has 0 fully saturated rings. The Balaban J connectivity index is 2.15. The van der Waals surface area contributed by atoms with Crippen LogP contribution in [-0.4, -0.2) is 72.1 Å². The number of rotatable bonds is 23. The van der Waals surface area contributed by atoms with E-state index < -0.39 is 53.9 Å². The van der Waals surface area contributed by atoms with Gasteiger partial charge in [0.25, 0.3) is 11.8 Å². The zero-order chi connectivity index (χ0) is 37.1. The Kier molecular flexibility index (Phi) is 18.7. The molecule has 0 unspecified atom stereocenters. The zero-order valence-electron chi connectivity index (χ0n) is 29.7. The van der Waals surface area contributed by atoms with Crippen LogP contribution in [-0.2, 0) is 25.6 Å². The maximum atomic E-state index is 13.6. The van der Waals surface area contributed by atoms with E-state index in [1.54, 1.807) is 12.1 Å². The number of aliphatic carboxylic acids is 1. The van der Waals surface area contributed by atoms with Gasteiger partial charge in [-0.1, -0.05) is 63.6 Å². The molecule has 13 nitrogen and oxygen atoms in total. The third-order valence-electron chi connectivity index (χ3n) is 8.30. The van der Waals surface area contributed by atoms with Gasteiger partial charge in [-0.3, -0.25) is 19.2 Å². The van der Waals surface area contributed by atoms with Gasteiger partial charge in [-0.05, 0) is 106 Å². The summed E-state index contributed by atoms with van der Waals surface area (Å²) in [6.07, 6.45) is 4.65. The van der Waals surface area contributed by atoms with E-state index in [0.717, 1.165) is 30.4 Å². The average molecular weight is 696 g/mol. The van der Waals surface area contributed by atoms with E-state index in [2.05, 4.69) is 52.5 Å². The minimum absolute atomic E-state index is 0.0139. The SMILES string of the molecule is CCCCc1ccc(-c2ccc(C(=O)N[C@@H](CCCCN)C(=O)N[C@@H](CCCCN)C(=O)N[C@@H](N)C(=O)N[C@@H](CC(C)C)C(=O)O)cc2)cc1. The van der Waals surface area contributed by atoms with Crippen molar-refractivity contribution < 1.29 is 29.1 Å². The highest BCUT2D eigenvalue weighted by Gasteiger charge is 2.30. The Bertz CT molecular complexity index is 1370. The number of benzene rings is 2. The van der Waals surface area contributed by atoms with Crippen molar-refractivity contribution in [3.63, 3.8) is 0 Å². The molecule has 0 spiro atoms. The summed E-state index contributed by atoms with van der Waals surface area (Å²) in [5.74, 6) is -3.86. The topological polar surface area (TPSA) is 232 Å². The van der Waals surface area contributed by atoms with Crippen molar-refractivity contribution in [3.05, 3.63) is 59.7 Å². The van der Waals surface area contributed by atoms with Crippen molar-refractivity contribution in [2.24, 2.45) is 23.1 Å². The van der Waals surface area contributed by atoms with Crippen LogP contribution in [0.15, 0.2) is 48.5 Å². The normalized spacial score (nSPS) is 13.5. The second kappa shape index (κ2) is 22.4. The minimum atomic E-state index is -1.56. The molecule has 0 aliphatic heterocycles. The van der Waals surface area contributed by atoms with Gasteiger partial charge in [-0.15, -0.1) is 0 Å². The molecule has 0 aliphatic rings. The predicted molar refractivity (Wildman–Crippen MR) is 195 cm³/mol. The van der Waals surface area contributed by atoms with Crippen molar-refractivity contribution in [2.75, 3.05) is 13.1 Å². The molecule has 0 saturated carbocycles. The number of nitrogens with two attached hydrogens (primary N) is 3. The van der Waals surface area contributed by atoms with Crippen LogP contribution < -0.4 is 38.5 Å². The number of nitrogens with one attached hydrogen (secondary N) is 4. The van der Waals surface area contributed by atoms with Crippen LogP contribution >= 0.6 is 0 Å². The molecular formula is C37H57N7O6. The maximum Gasteiger partial charge on any atom is 0.326 e. The van der Waals surface area contributed by atoms with Crippen LogP contribution in [0.4, 0.5) is 0 Å². The van der Waals surface area contributed by atoms with Crippen molar-refractivity contribution in [3.8, 4) is 11.1 Å². The highest BCUT2D eigenvalue weighted by atomic mass is 16.4. The molecule has 0 bridgehead atoms. The fourth-order valence-electron chi connectivity index (χ4n) is 5.37. The largest absolute Gasteiger partial charge is 0.480 e.